The second-order valence-electron chi connectivity index (χ2n) is 6.16. The van der Waals surface area contributed by atoms with Crippen LogP contribution in [-0.4, -0.2) is 50.0 Å². The molecule has 0 aromatic heterocycles. The molecule has 3 rings (SSSR count). The molecule has 1 saturated carbocycles. The summed E-state index contributed by atoms with van der Waals surface area (Å²) in [6, 6.07) is 0. The van der Waals surface area contributed by atoms with Crippen LogP contribution in [0.2, 0.25) is 0 Å². The van der Waals surface area contributed by atoms with Gasteiger partial charge in [-0.25, -0.2) is 0 Å². The molecule has 0 amide bonds. The second kappa shape index (κ2) is 5.68. The number of hydrogen-bond acceptors (Lipinski definition) is 3. The third kappa shape index (κ3) is 3.21. The van der Waals surface area contributed by atoms with E-state index in [4.69, 9.17) is 9.47 Å². The summed E-state index contributed by atoms with van der Waals surface area (Å²) in [5.41, 5.74) is 0.314. The highest BCUT2D eigenvalue weighted by atomic mass is 16.5. The van der Waals surface area contributed by atoms with E-state index >= 15 is 0 Å². The smallest absolute Gasteiger partial charge is 0.0704 e. The van der Waals surface area contributed by atoms with E-state index in [1.54, 1.807) is 7.11 Å². The van der Waals surface area contributed by atoms with E-state index in [1.165, 1.54) is 19.5 Å². The molecule has 2 bridgehead atoms. The molecule has 102 valence electrons. The van der Waals surface area contributed by atoms with E-state index in [-0.39, 0.29) is 7.43 Å². The van der Waals surface area contributed by atoms with Crippen molar-refractivity contribution in [3.8, 4) is 0 Å². The van der Waals surface area contributed by atoms with Gasteiger partial charge in [0.15, 0.2) is 0 Å². The van der Waals surface area contributed by atoms with Crippen molar-refractivity contribution in [2.75, 3.05) is 33.4 Å². The summed E-state index contributed by atoms with van der Waals surface area (Å²) >= 11 is 0. The molecule has 0 N–H and O–H groups in total. The van der Waals surface area contributed by atoms with Crippen LogP contribution in [0, 0.1) is 11.8 Å². The molecule has 3 fully saturated rings. The molecule has 0 aromatic carbocycles. The Morgan fingerprint density at radius 1 is 1.12 bits per heavy atom. The van der Waals surface area contributed by atoms with Crippen LogP contribution >= 0.6 is 0 Å². The van der Waals surface area contributed by atoms with Gasteiger partial charge in [-0.1, -0.05) is 7.43 Å². The van der Waals surface area contributed by atoms with Gasteiger partial charge in [0, 0.05) is 25.7 Å². The van der Waals surface area contributed by atoms with Crippen LogP contribution in [0.3, 0.4) is 0 Å². The first-order chi connectivity index (χ1) is 7.52. The Hall–Kier alpha value is -0.120. The third-order valence-corrected chi connectivity index (χ3v) is 3.99. The largest absolute Gasteiger partial charge is 0.382 e. The second-order valence-corrected chi connectivity index (χ2v) is 6.16. The van der Waals surface area contributed by atoms with Crippen LogP contribution < -0.4 is 0 Å². The molecule has 0 radical (unpaired) electrons. The van der Waals surface area contributed by atoms with E-state index < -0.39 is 0 Å². The Morgan fingerprint density at radius 2 is 1.71 bits per heavy atom. The Balaban J connectivity index is 0.00000144. The SMILES string of the molecule is C.COCCOC1C2CC1CN(C(C)(C)C)C2. The number of hydrogen-bond donors (Lipinski definition) is 0. The van der Waals surface area contributed by atoms with Crippen LogP contribution in [0.5, 0.6) is 0 Å². The molecule has 1 aliphatic carbocycles. The van der Waals surface area contributed by atoms with Gasteiger partial charge in [-0.3, -0.25) is 4.90 Å². The fourth-order valence-corrected chi connectivity index (χ4v) is 2.93. The summed E-state index contributed by atoms with van der Waals surface area (Å²) in [6.07, 6.45) is 1.87. The van der Waals surface area contributed by atoms with Crippen molar-refractivity contribution < 1.29 is 9.47 Å². The summed E-state index contributed by atoms with van der Waals surface area (Å²) in [4.78, 5) is 2.60. The van der Waals surface area contributed by atoms with Crippen molar-refractivity contribution in [1.29, 1.82) is 0 Å². The molecule has 2 heterocycles. The Labute approximate surface area is 106 Å². The van der Waals surface area contributed by atoms with E-state index in [2.05, 4.69) is 25.7 Å². The highest BCUT2D eigenvalue weighted by Gasteiger charge is 2.49. The van der Waals surface area contributed by atoms with Gasteiger partial charge in [0.05, 0.1) is 19.3 Å². The van der Waals surface area contributed by atoms with Crippen molar-refractivity contribution in [1.82, 2.24) is 4.90 Å². The van der Waals surface area contributed by atoms with Crippen LogP contribution in [0.1, 0.15) is 34.6 Å². The zero-order valence-electron chi connectivity index (χ0n) is 11.0. The fourth-order valence-electron chi connectivity index (χ4n) is 2.93. The Bertz CT molecular complexity index is 225. The lowest BCUT2D eigenvalue weighted by atomic mass is 9.67. The van der Waals surface area contributed by atoms with Crippen molar-refractivity contribution in [3.63, 3.8) is 0 Å². The maximum absolute atomic E-state index is 5.89. The van der Waals surface area contributed by atoms with Crippen LogP contribution in [0.25, 0.3) is 0 Å². The number of fused-ring (bicyclic) bond motifs is 2. The van der Waals surface area contributed by atoms with Gasteiger partial charge in [-0.05, 0) is 39.0 Å². The van der Waals surface area contributed by atoms with Gasteiger partial charge in [-0.15, -0.1) is 0 Å². The summed E-state index contributed by atoms with van der Waals surface area (Å²) in [5.74, 6) is 1.52. The van der Waals surface area contributed by atoms with Gasteiger partial charge in [0.2, 0.25) is 0 Å². The molecule has 17 heavy (non-hydrogen) atoms. The highest BCUT2D eigenvalue weighted by Crippen LogP contribution is 2.43. The summed E-state index contributed by atoms with van der Waals surface area (Å²) in [7, 11) is 1.73. The van der Waals surface area contributed by atoms with Crippen molar-refractivity contribution >= 4 is 0 Å². The monoisotopic (exact) mass is 243 g/mol. The molecule has 3 heteroatoms. The summed E-state index contributed by atoms with van der Waals surface area (Å²) in [5, 5.41) is 0. The van der Waals surface area contributed by atoms with Crippen LogP contribution in [0.15, 0.2) is 0 Å². The first-order valence-electron chi connectivity index (χ1n) is 6.38. The lowest BCUT2D eigenvalue weighted by Gasteiger charge is -2.56. The zero-order chi connectivity index (χ0) is 11.8. The zero-order valence-corrected chi connectivity index (χ0v) is 11.0. The van der Waals surface area contributed by atoms with Crippen molar-refractivity contribution in [3.05, 3.63) is 0 Å². The molecule has 3 aliphatic rings. The lowest BCUT2D eigenvalue weighted by molar-refractivity contribution is -0.162. The van der Waals surface area contributed by atoms with E-state index in [9.17, 15) is 0 Å². The Kier molecular flexibility index (Phi) is 4.99. The minimum absolute atomic E-state index is 0. The summed E-state index contributed by atoms with van der Waals surface area (Å²) in [6.45, 7) is 10.8. The van der Waals surface area contributed by atoms with Crippen LogP contribution in [-0.2, 0) is 9.47 Å². The topological polar surface area (TPSA) is 21.7 Å². The molecule has 3 nitrogen and oxygen atoms in total. The number of piperidine rings is 2. The predicted octanol–water partition coefficient (Wildman–Crippen LogP) is 2.40. The maximum Gasteiger partial charge on any atom is 0.0704 e. The first kappa shape index (κ1) is 14.9. The lowest BCUT2D eigenvalue weighted by Crippen LogP contribution is -2.63. The van der Waals surface area contributed by atoms with Gasteiger partial charge in [-0.2, -0.15) is 0 Å². The average Bonchev–Trinajstić information content (AvgIpc) is 2.23. The molecular formula is C14H29NO2. The molecule has 0 spiro atoms. The molecule has 2 atom stereocenters. The molecule has 2 aliphatic heterocycles. The number of nitrogens with zero attached hydrogens (tertiary/aromatic N) is 1. The number of ether oxygens (including phenoxy) is 2. The first-order valence-corrected chi connectivity index (χ1v) is 6.38. The van der Waals surface area contributed by atoms with Crippen LogP contribution in [0.4, 0.5) is 0 Å². The minimum atomic E-state index is 0. The molecular weight excluding hydrogens is 214 g/mol. The van der Waals surface area contributed by atoms with Gasteiger partial charge < -0.3 is 9.47 Å². The van der Waals surface area contributed by atoms with Gasteiger partial charge in [0.1, 0.15) is 0 Å². The Morgan fingerprint density at radius 3 is 2.18 bits per heavy atom. The van der Waals surface area contributed by atoms with Gasteiger partial charge in [0.25, 0.3) is 0 Å². The maximum atomic E-state index is 5.89. The third-order valence-electron chi connectivity index (χ3n) is 3.99. The molecule has 2 saturated heterocycles. The minimum Gasteiger partial charge on any atom is -0.382 e. The van der Waals surface area contributed by atoms with Crippen molar-refractivity contribution in [2.24, 2.45) is 11.8 Å². The standard InChI is InChI=1S/C13H25NO2.CH4/c1-13(2,3)14-8-10-7-11(9-14)12(10)16-6-5-15-4;/h10-12H,5-9H2,1-4H3;1H4. The normalized spacial score (nSPS) is 32.8. The average molecular weight is 243 g/mol. The van der Waals surface area contributed by atoms with E-state index in [1.807, 2.05) is 0 Å². The van der Waals surface area contributed by atoms with E-state index in [0.717, 1.165) is 25.0 Å². The number of rotatable bonds is 4. The summed E-state index contributed by atoms with van der Waals surface area (Å²) < 4.78 is 10.9. The van der Waals surface area contributed by atoms with Crippen molar-refractivity contribution in [2.45, 2.75) is 46.3 Å². The van der Waals surface area contributed by atoms with Gasteiger partial charge >= 0.3 is 0 Å². The fraction of sp³-hybridized carbons (Fsp3) is 1.00. The number of methoxy groups -OCH3 is 1. The predicted molar refractivity (Wildman–Crippen MR) is 71.3 cm³/mol. The highest BCUT2D eigenvalue weighted by molar-refractivity contribution is 5.00. The van der Waals surface area contributed by atoms with E-state index in [0.29, 0.717) is 11.6 Å². The molecule has 0 aromatic rings. The molecule has 2 unspecified atom stereocenters. The quantitative estimate of drug-likeness (QED) is 0.708.